The number of carbonyl (C=O) groups is 1. The van der Waals surface area contributed by atoms with Gasteiger partial charge in [-0.15, -0.1) is 0 Å². The number of amides is 1. The molecule has 0 spiro atoms. The van der Waals surface area contributed by atoms with E-state index in [0.29, 0.717) is 0 Å². The third-order valence-electron chi connectivity index (χ3n) is 3.35. The Morgan fingerprint density at radius 2 is 2.00 bits per heavy atom. The summed E-state index contributed by atoms with van der Waals surface area (Å²) >= 11 is 0. The molecule has 0 aliphatic rings. The summed E-state index contributed by atoms with van der Waals surface area (Å²) in [6.07, 6.45) is 0.911. The van der Waals surface area contributed by atoms with Gasteiger partial charge in [-0.2, -0.15) is 0 Å². The van der Waals surface area contributed by atoms with Gasteiger partial charge in [-0.3, -0.25) is 4.79 Å². The molecule has 0 aliphatic heterocycles. The second-order valence-electron chi connectivity index (χ2n) is 4.60. The molecule has 0 aliphatic carbocycles. The summed E-state index contributed by atoms with van der Waals surface area (Å²) < 4.78 is 0. The lowest BCUT2D eigenvalue weighted by molar-refractivity contribution is -0.120. The first-order chi connectivity index (χ1) is 7.99. The van der Waals surface area contributed by atoms with Gasteiger partial charge in [0.15, 0.2) is 0 Å². The summed E-state index contributed by atoms with van der Waals surface area (Å²) in [4.78, 5) is 13.9. The van der Waals surface area contributed by atoms with E-state index in [1.807, 2.05) is 45.0 Å². The highest BCUT2D eigenvalue weighted by molar-refractivity contribution is 5.97. The fourth-order valence-electron chi connectivity index (χ4n) is 1.78. The van der Waals surface area contributed by atoms with E-state index < -0.39 is 6.04 Å². The van der Waals surface area contributed by atoms with Gasteiger partial charge in [0, 0.05) is 12.7 Å². The van der Waals surface area contributed by atoms with Gasteiger partial charge in [0.25, 0.3) is 0 Å². The minimum Gasteiger partial charge on any atom is -0.320 e. The lowest BCUT2D eigenvalue weighted by Crippen LogP contribution is -2.45. The van der Waals surface area contributed by atoms with E-state index >= 15 is 0 Å². The minimum atomic E-state index is -0.426. The average Bonchev–Trinajstić information content (AvgIpc) is 2.35. The zero-order valence-corrected chi connectivity index (χ0v) is 11.1. The van der Waals surface area contributed by atoms with E-state index in [9.17, 15) is 4.79 Å². The van der Waals surface area contributed by atoms with Crippen LogP contribution in [0.15, 0.2) is 24.3 Å². The van der Waals surface area contributed by atoms with Crippen LogP contribution < -0.4 is 10.6 Å². The Bertz CT molecular complexity index is 390. The molecule has 1 aromatic carbocycles. The van der Waals surface area contributed by atoms with Crippen LogP contribution in [-0.2, 0) is 4.79 Å². The van der Waals surface area contributed by atoms with Gasteiger partial charge in [-0.1, -0.05) is 38.5 Å². The summed E-state index contributed by atoms with van der Waals surface area (Å²) in [5.41, 5.74) is 7.98. The quantitative estimate of drug-likeness (QED) is 0.869. The SMILES string of the molecule is CC[C@H](C)[C@H](N)C(=O)N(C)c1ccccc1C. The standard InChI is InChI=1S/C14H22N2O/c1-5-10(2)13(15)14(17)16(4)12-9-7-6-8-11(12)3/h6-10,13H,5,15H2,1-4H3/t10-,13-/m0/s1. The lowest BCUT2D eigenvalue weighted by Gasteiger charge is -2.25. The van der Waals surface area contributed by atoms with Gasteiger partial charge in [-0.05, 0) is 24.5 Å². The molecule has 0 saturated heterocycles. The molecule has 0 heterocycles. The predicted molar refractivity (Wildman–Crippen MR) is 72.0 cm³/mol. The fraction of sp³-hybridized carbons (Fsp3) is 0.500. The van der Waals surface area contributed by atoms with Crippen LogP contribution >= 0.6 is 0 Å². The number of para-hydroxylation sites is 1. The second kappa shape index (κ2) is 5.82. The van der Waals surface area contributed by atoms with Crippen LogP contribution in [0.1, 0.15) is 25.8 Å². The molecule has 0 bridgehead atoms. The smallest absolute Gasteiger partial charge is 0.243 e. The van der Waals surface area contributed by atoms with Crippen molar-refractivity contribution in [1.29, 1.82) is 0 Å². The first kappa shape index (κ1) is 13.7. The number of hydrogen-bond acceptors (Lipinski definition) is 2. The van der Waals surface area contributed by atoms with Crippen molar-refractivity contribution in [3.8, 4) is 0 Å². The molecular weight excluding hydrogens is 212 g/mol. The molecule has 0 fully saturated rings. The molecule has 3 heteroatoms. The summed E-state index contributed by atoms with van der Waals surface area (Å²) in [7, 11) is 1.78. The summed E-state index contributed by atoms with van der Waals surface area (Å²) in [6, 6.07) is 7.40. The molecule has 2 N–H and O–H groups in total. The normalized spacial score (nSPS) is 14.2. The monoisotopic (exact) mass is 234 g/mol. The third kappa shape index (κ3) is 3.07. The largest absolute Gasteiger partial charge is 0.320 e. The number of nitrogens with two attached hydrogens (primary N) is 1. The number of aryl methyl sites for hydroxylation is 1. The number of benzene rings is 1. The van der Waals surface area contributed by atoms with Crippen molar-refractivity contribution in [2.24, 2.45) is 11.7 Å². The van der Waals surface area contributed by atoms with Gasteiger partial charge < -0.3 is 10.6 Å². The zero-order valence-electron chi connectivity index (χ0n) is 11.1. The van der Waals surface area contributed by atoms with Crippen molar-refractivity contribution >= 4 is 11.6 Å². The van der Waals surface area contributed by atoms with Crippen LogP contribution in [0, 0.1) is 12.8 Å². The van der Waals surface area contributed by atoms with E-state index in [1.165, 1.54) is 0 Å². The molecule has 1 amide bonds. The summed E-state index contributed by atoms with van der Waals surface area (Å²) in [5.74, 6) is 0.183. The Hall–Kier alpha value is -1.35. The van der Waals surface area contributed by atoms with E-state index in [0.717, 1.165) is 17.7 Å². The van der Waals surface area contributed by atoms with Crippen LogP contribution in [-0.4, -0.2) is 19.0 Å². The van der Waals surface area contributed by atoms with Gasteiger partial charge in [0.05, 0.1) is 6.04 Å². The summed E-state index contributed by atoms with van der Waals surface area (Å²) in [5, 5.41) is 0. The van der Waals surface area contributed by atoms with Gasteiger partial charge >= 0.3 is 0 Å². The van der Waals surface area contributed by atoms with Crippen LogP contribution in [0.25, 0.3) is 0 Å². The van der Waals surface area contributed by atoms with E-state index in [1.54, 1.807) is 11.9 Å². The van der Waals surface area contributed by atoms with Crippen molar-refractivity contribution in [2.75, 3.05) is 11.9 Å². The van der Waals surface area contributed by atoms with Crippen molar-refractivity contribution in [3.05, 3.63) is 29.8 Å². The molecule has 1 aromatic rings. The maximum Gasteiger partial charge on any atom is 0.243 e. The topological polar surface area (TPSA) is 46.3 Å². The van der Waals surface area contributed by atoms with E-state index in [-0.39, 0.29) is 11.8 Å². The molecular formula is C14H22N2O. The highest BCUT2D eigenvalue weighted by Crippen LogP contribution is 2.19. The van der Waals surface area contributed by atoms with Crippen LogP contribution in [0.4, 0.5) is 5.69 Å². The maximum atomic E-state index is 12.2. The number of rotatable bonds is 4. The maximum absolute atomic E-state index is 12.2. The van der Waals surface area contributed by atoms with E-state index in [2.05, 4.69) is 0 Å². The lowest BCUT2D eigenvalue weighted by atomic mass is 9.98. The highest BCUT2D eigenvalue weighted by Gasteiger charge is 2.24. The second-order valence-corrected chi connectivity index (χ2v) is 4.60. The van der Waals surface area contributed by atoms with Crippen LogP contribution in [0.2, 0.25) is 0 Å². The molecule has 1 rings (SSSR count). The predicted octanol–water partition coefficient (Wildman–Crippen LogP) is 2.33. The average molecular weight is 234 g/mol. The van der Waals surface area contributed by atoms with Gasteiger partial charge in [-0.25, -0.2) is 0 Å². The zero-order chi connectivity index (χ0) is 13.0. The Balaban J connectivity index is 2.87. The summed E-state index contributed by atoms with van der Waals surface area (Å²) in [6.45, 7) is 6.05. The Morgan fingerprint density at radius 3 is 2.53 bits per heavy atom. The minimum absolute atomic E-state index is 0.0198. The van der Waals surface area contributed by atoms with E-state index in [4.69, 9.17) is 5.73 Å². The van der Waals surface area contributed by atoms with Crippen molar-refractivity contribution in [2.45, 2.75) is 33.2 Å². The third-order valence-corrected chi connectivity index (χ3v) is 3.35. The Kier molecular flexibility index (Phi) is 4.70. The molecule has 3 nitrogen and oxygen atoms in total. The Morgan fingerprint density at radius 1 is 1.41 bits per heavy atom. The molecule has 0 aromatic heterocycles. The van der Waals surface area contributed by atoms with Crippen molar-refractivity contribution in [3.63, 3.8) is 0 Å². The van der Waals surface area contributed by atoms with Gasteiger partial charge in [0.1, 0.15) is 0 Å². The number of likely N-dealkylation sites (N-methyl/N-ethyl adjacent to an activating group) is 1. The first-order valence-corrected chi connectivity index (χ1v) is 6.07. The van der Waals surface area contributed by atoms with Gasteiger partial charge in [0.2, 0.25) is 5.91 Å². The van der Waals surface area contributed by atoms with Crippen molar-refractivity contribution in [1.82, 2.24) is 0 Å². The van der Waals surface area contributed by atoms with Crippen molar-refractivity contribution < 1.29 is 4.79 Å². The Labute approximate surface area is 104 Å². The number of anilines is 1. The molecule has 0 saturated carbocycles. The van der Waals surface area contributed by atoms with Crippen LogP contribution in [0.5, 0.6) is 0 Å². The molecule has 0 unspecified atom stereocenters. The number of hydrogen-bond donors (Lipinski definition) is 1. The number of nitrogens with zero attached hydrogens (tertiary/aromatic N) is 1. The molecule has 94 valence electrons. The highest BCUT2D eigenvalue weighted by atomic mass is 16.2. The molecule has 0 radical (unpaired) electrons. The van der Waals surface area contributed by atoms with Crippen LogP contribution in [0.3, 0.4) is 0 Å². The number of carbonyl (C=O) groups excluding carboxylic acids is 1. The fourth-order valence-corrected chi connectivity index (χ4v) is 1.78. The first-order valence-electron chi connectivity index (χ1n) is 6.07. The molecule has 2 atom stereocenters. The molecule has 17 heavy (non-hydrogen) atoms.